The standard InChI is InChI=1S/C18H21N3/c1-21(2)13-14-5-3-8-17(11-14)20-12-16-7-4-6-15-9-10-19-18(15)16/h3-11,19-20H,12-13H2,1-2H3. The van der Waals surface area contributed by atoms with Crippen LogP contribution in [0.2, 0.25) is 0 Å². The molecule has 0 amide bonds. The summed E-state index contributed by atoms with van der Waals surface area (Å²) in [7, 11) is 4.18. The fourth-order valence-electron chi connectivity index (χ4n) is 2.64. The molecule has 21 heavy (non-hydrogen) atoms. The quantitative estimate of drug-likeness (QED) is 0.743. The van der Waals surface area contributed by atoms with Crippen LogP contribution in [0.15, 0.2) is 54.7 Å². The molecule has 0 spiro atoms. The molecule has 0 bridgehead atoms. The van der Waals surface area contributed by atoms with Crippen LogP contribution in [0.1, 0.15) is 11.1 Å². The smallest absolute Gasteiger partial charge is 0.0504 e. The van der Waals surface area contributed by atoms with Crippen LogP contribution in [-0.2, 0) is 13.1 Å². The van der Waals surface area contributed by atoms with Gasteiger partial charge in [0.1, 0.15) is 0 Å². The zero-order chi connectivity index (χ0) is 14.7. The molecular formula is C18H21N3. The molecule has 3 aromatic rings. The van der Waals surface area contributed by atoms with Crippen LogP contribution in [0.25, 0.3) is 10.9 Å². The number of para-hydroxylation sites is 1. The van der Waals surface area contributed by atoms with Crippen LogP contribution < -0.4 is 5.32 Å². The van der Waals surface area contributed by atoms with Crippen molar-refractivity contribution in [1.29, 1.82) is 0 Å². The van der Waals surface area contributed by atoms with Gasteiger partial charge in [0.2, 0.25) is 0 Å². The van der Waals surface area contributed by atoms with Crippen LogP contribution in [0, 0.1) is 0 Å². The lowest BCUT2D eigenvalue weighted by atomic mass is 10.1. The number of nitrogens with one attached hydrogen (secondary N) is 2. The Labute approximate surface area is 125 Å². The predicted octanol–water partition coefficient (Wildman–Crippen LogP) is 3.84. The second-order valence-electron chi connectivity index (χ2n) is 5.65. The van der Waals surface area contributed by atoms with Crippen molar-refractivity contribution in [2.75, 3.05) is 19.4 Å². The van der Waals surface area contributed by atoms with Gasteiger partial charge >= 0.3 is 0 Å². The minimum Gasteiger partial charge on any atom is -0.381 e. The summed E-state index contributed by atoms with van der Waals surface area (Å²) in [5.41, 5.74) is 4.99. The van der Waals surface area contributed by atoms with Crippen molar-refractivity contribution in [3.8, 4) is 0 Å². The second-order valence-corrected chi connectivity index (χ2v) is 5.65. The molecule has 2 N–H and O–H groups in total. The Kier molecular flexibility index (Phi) is 3.93. The highest BCUT2D eigenvalue weighted by Gasteiger charge is 2.02. The summed E-state index contributed by atoms with van der Waals surface area (Å²) in [6, 6.07) is 17.1. The number of nitrogens with zero attached hydrogens (tertiary/aromatic N) is 1. The van der Waals surface area contributed by atoms with Gasteiger partial charge in [-0.15, -0.1) is 0 Å². The topological polar surface area (TPSA) is 31.1 Å². The molecule has 0 aliphatic heterocycles. The van der Waals surface area contributed by atoms with E-state index in [1.807, 2.05) is 6.20 Å². The van der Waals surface area contributed by atoms with Crippen molar-refractivity contribution in [1.82, 2.24) is 9.88 Å². The number of anilines is 1. The minimum atomic E-state index is 0.823. The van der Waals surface area contributed by atoms with E-state index >= 15 is 0 Å². The Morgan fingerprint density at radius 3 is 2.76 bits per heavy atom. The van der Waals surface area contributed by atoms with Gasteiger partial charge in [0.15, 0.2) is 0 Å². The van der Waals surface area contributed by atoms with Gasteiger partial charge in [-0.05, 0) is 48.8 Å². The number of benzene rings is 2. The molecular weight excluding hydrogens is 258 g/mol. The van der Waals surface area contributed by atoms with Gasteiger partial charge in [0, 0.05) is 25.0 Å². The van der Waals surface area contributed by atoms with Crippen LogP contribution in [0.4, 0.5) is 5.69 Å². The van der Waals surface area contributed by atoms with Crippen molar-refractivity contribution >= 4 is 16.6 Å². The molecule has 0 atom stereocenters. The van der Waals surface area contributed by atoms with E-state index in [1.165, 1.54) is 22.0 Å². The maximum atomic E-state index is 3.52. The lowest BCUT2D eigenvalue weighted by Gasteiger charge is -2.12. The van der Waals surface area contributed by atoms with Gasteiger partial charge in [-0.3, -0.25) is 0 Å². The number of aromatic nitrogens is 1. The summed E-state index contributed by atoms with van der Waals surface area (Å²) in [6.07, 6.45) is 1.99. The number of rotatable bonds is 5. The summed E-state index contributed by atoms with van der Waals surface area (Å²) in [5.74, 6) is 0. The van der Waals surface area contributed by atoms with Crippen molar-refractivity contribution in [2.24, 2.45) is 0 Å². The lowest BCUT2D eigenvalue weighted by Crippen LogP contribution is -2.10. The van der Waals surface area contributed by atoms with Gasteiger partial charge in [-0.25, -0.2) is 0 Å². The van der Waals surface area contributed by atoms with Gasteiger partial charge in [-0.1, -0.05) is 30.3 Å². The van der Waals surface area contributed by atoms with Crippen LogP contribution in [0.3, 0.4) is 0 Å². The van der Waals surface area contributed by atoms with Crippen LogP contribution in [-0.4, -0.2) is 24.0 Å². The molecule has 2 aromatic carbocycles. The Morgan fingerprint density at radius 2 is 1.90 bits per heavy atom. The number of fused-ring (bicyclic) bond motifs is 1. The molecule has 3 nitrogen and oxygen atoms in total. The maximum Gasteiger partial charge on any atom is 0.0504 e. The SMILES string of the molecule is CN(C)Cc1cccc(NCc2cccc3cc[nH]c23)c1. The Hall–Kier alpha value is -2.26. The fourth-order valence-corrected chi connectivity index (χ4v) is 2.64. The van der Waals surface area contributed by atoms with Crippen molar-refractivity contribution < 1.29 is 0 Å². The Morgan fingerprint density at radius 1 is 1.05 bits per heavy atom. The van der Waals surface area contributed by atoms with E-state index in [4.69, 9.17) is 0 Å². The molecule has 1 heterocycles. The lowest BCUT2D eigenvalue weighted by molar-refractivity contribution is 0.402. The zero-order valence-electron chi connectivity index (χ0n) is 12.6. The van der Waals surface area contributed by atoms with Crippen molar-refractivity contribution in [3.05, 3.63) is 65.9 Å². The Bertz CT molecular complexity index is 728. The first-order valence-corrected chi connectivity index (χ1v) is 7.25. The predicted molar refractivity (Wildman–Crippen MR) is 89.5 cm³/mol. The van der Waals surface area contributed by atoms with E-state index in [0.717, 1.165) is 18.8 Å². The monoisotopic (exact) mass is 279 g/mol. The minimum absolute atomic E-state index is 0.823. The average molecular weight is 279 g/mol. The largest absolute Gasteiger partial charge is 0.381 e. The van der Waals surface area contributed by atoms with E-state index in [0.29, 0.717) is 0 Å². The molecule has 1 aromatic heterocycles. The number of H-pyrrole nitrogens is 1. The van der Waals surface area contributed by atoms with Gasteiger partial charge in [-0.2, -0.15) is 0 Å². The number of hydrogen-bond donors (Lipinski definition) is 2. The molecule has 0 fully saturated rings. The molecule has 3 heteroatoms. The zero-order valence-corrected chi connectivity index (χ0v) is 12.6. The molecule has 0 saturated heterocycles. The Balaban J connectivity index is 1.74. The van der Waals surface area contributed by atoms with E-state index in [-0.39, 0.29) is 0 Å². The highest BCUT2D eigenvalue weighted by molar-refractivity contribution is 5.82. The van der Waals surface area contributed by atoms with E-state index in [2.05, 4.69) is 77.8 Å². The van der Waals surface area contributed by atoms with Gasteiger partial charge in [0.25, 0.3) is 0 Å². The summed E-state index contributed by atoms with van der Waals surface area (Å²) in [6.45, 7) is 1.78. The molecule has 0 aliphatic carbocycles. The second kappa shape index (κ2) is 6.02. The average Bonchev–Trinajstić information content (AvgIpc) is 2.93. The third kappa shape index (κ3) is 3.26. The molecule has 3 rings (SSSR count). The number of aromatic amines is 1. The van der Waals surface area contributed by atoms with E-state index in [1.54, 1.807) is 0 Å². The summed E-state index contributed by atoms with van der Waals surface area (Å²) < 4.78 is 0. The molecule has 108 valence electrons. The van der Waals surface area contributed by atoms with Gasteiger partial charge < -0.3 is 15.2 Å². The van der Waals surface area contributed by atoms with Crippen molar-refractivity contribution in [3.63, 3.8) is 0 Å². The molecule has 0 saturated carbocycles. The summed E-state index contributed by atoms with van der Waals surface area (Å²) in [4.78, 5) is 5.49. The van der Waals surface area contributed by atoms with Crippen LogP contribution in [0.5, 0.6) is 0 Å². The summed E-state index contributed by atoms with van der Waals surface area (Å²) >= 11 is 0. The normalized spacial score (nSPS) is 11.2. The fraction of sp³-hybridized carbons (Fsp3) is 0.222. The molecule has 0 radical (unpaired) electrons. The maximum absolute atomic E-state index is 3.52. The van der Waals surface area contributed by atoms with E-state index < -0.39 is 0 Å². The highest BCUT2D eigenvalue weighted by Crippen LogP contribution is 2.19. The third-order valence-corrected chi connectivity index (χ3v) is 3.58. The van der Waals surface area contributed by atoms with Crippen LogP contribution >= 0.6 is 0 Å². The summed E-state index contributed by atoms with van der Waals surface area (Å²) in [5, 5.41) is 4.78. The first kappa shape index (κ1) is 13.7. The first-order valence-electron chi connectivity index (χ1n) is 7.25. The molecule has 0 unspecified atom stereocenters. The first-order chi connectivity index (χ1) is 10.2. The van der Waals surface area contributed by atoms with Gasteiger partial charge in [0.05, 0.1) is 5.52 Å². The number of hydrogen-bond acceptors (Lipinski definition) is 2. The highest BCUT2D eigenvalue weighted by atomic mass is 15.0. The third-order valence-electron chi connectivity index (χ3n) is 3.58. The van der Waals surface area contributed by atoms with Crippen molar-refractivity contribution in [2.45, 2.75) is 13.1 Å². The van der Waals surface area contributed by atoms with E-state index in [9.17, 15) is 0 Å². The molecule has 0 aliphatic rings.